The van der Waals surface area contributed by atoms with Gasteiger partial charge in [-0.3, -0.25) is 9.59 Å². The Balaban J connectivity index is 1.95. The lowest BCUT2D eigenvalue weighted by Gasteiger charge is -2.06. The summed E-state index contributed by atoms with van der Waals surface area (Å²) in [7, 11) is 0. The first-order valence-electron chi connectivity index (χ1n) is 6.96. The molecule has 0 aliphatic carbocycles. The fraction of sp³-hybridized carbons (Fsp3) is 0.222. The molecule has 0 saturated heterocycles. The molecule has 0 atom stereocenters. The Morgan fingerprint density at radius 3 is 1.95 bits per heavy atom. The van der Waals surface area contributed by atoms with Crippen LogP contribution in [0.2, 0.25) is 0 Å². The highest BCUT2D eigenvalue weighted by molar-refractivity contribution is 5.97. The molecule has 0 aliphatic heterocycles. The van der Waals surface area contributed by atoms with Crippen LogP contribution in [0.5, 0.6) is 5.75 Å². The maximum atomic E-state index is 12.0. The zero-order valence-electron chi connectivity index (χ0n) is 12.3. The number of benzene rings is 2. The Morgan fingerprint density at radius 1 is 0.857 bits per heavy atom. The fourth-order valence-corrected chi connectivity index (χ4v) is 1.91. The first kappa shape index (κ1) is 15.0. The number of ketones is 2. The molecule has 0 fully saturated rings. The van der Waals surface area contributed by atoms with Crippen molar-refractivity contribution in [1.29, 1.82) is 0 Å². The van der Waals surface area contributed by atoms with Gasteiger partial charge in [0.2, 0.25) is 0 Å². The summed E-state index contributed by atoms with van der Waals surface area (Å²) in [5, 5.41) is 0. The summed E-state index contributed by atoms with van der Waals surface area (Å²) in [5.41, 5.74) is 2.41. The summed E-state index contributed by atoms with van der Waals surface area (Å²) >= 11 is 0. The van der Waals surface area contributed by atoms with Crippen LogP contribution in [0.3, 0.4) is 0 Å². The van der Waals surface area contributed by atoms with Gasteiger partial charge >= 0.3 is 0 Å². The summed E-state index contributed by atoms with van der Waals surface area (Å²) in [6.07, 6.45) is 0.478. The van der Waals surface area contributed by atoms with E-state index in [-0.39, 0.29) is 18.2 Å². The largest absolute Gasteiger partial charge is 0.485 e. The predicted octanol–water partition coefficient (Wildman–Crippen LogP) is 3.85. The molecular weight excluding hydrogens is 264 g/mol. The van der Waals surface area contributed by atoms with Crippen molar-refractivity contribution in [2.75, 3.05) is 6.61 Å². The van der Waals surface area contributed by atoms with Gasteiger partial charge in [-0.1, -0.05) is 36.8 Å². The van der Waals surface area contributed by atoms with Crippen LogP contribution in [0.25, 0.3) is 0 Å². The van der Waals surface area contributed by atoms with Gasteiger partial charge in [-0.2, -0.15) is 0 Å². The molecule has 108 valence electrons. The molecule has 0 saturated carbocycles. The molecule has 0 heterocycles. The van der Waals surface area contributed by atoms with E-state index in [9.17, 15) is 9.59 Å². The molecular formula is C18H18O3. The van der Waals surface area contributed by atoms with Gasteiger partial charge < -0.3 is 4.74 Å². The molecule has 0 amide bonds. The second-order valence-electron chi connectivity index (χ2n) is 4.88. The normalized spacial score (nSPS) is 10.2. The number of ether oxygens (including phenoxy) is 1. The topological polar surface area (TPSA) is 43.4 Å². The third-order valence-electron chi connectivity index (χ3n) is 3.24. The molecule has 0 bridgehead atoms. The highest BCUT2D eigenvalue weighted by atomic mass is 16.5. The highest BCUT2D eigenvalue weighted by Crippen LogP contribution is 2.14. The van der Waals surface area contributed by atoms with Crippen LogP contribution in [-0.2, 0) is 0 Å². The van der Waals surface area contributed by atoms with E-state index in [1.807, 2.05) is 26.0 Å². The molecule has 0 aromatic heterocycles. The van der Waals surface area contributed by atoms with Crippen molar-refractivity contribution in [3.8, 4) is 5.75 Å². The number of carbonyl (C=O) groups is 2. The summed E-state index contributed by atoms with van der Waals surface area (Å²) in [6, 6.07) is 14.3. The zero-order chi connectivity index (χ0) is 15.2. The second-order valence-corrected chi connectivity index (χ2v) is 4.88. The number of carbonyl (C=O) groups excluding carboxylic acids is 2. The molecule has 2 rings (SSSR count). The molecule has 0 aliphatic rings. The average molecular weight is 282 g/mol. The molecule has 0 radical (unpaired) electrons. The molecule has 0 unspecified atom stereocenters. The van der Waals surface area contributed by atoms with Gasteiger partial charge in [0, 0.05) is 17.5 Å². The van der Waals surface area contributed by atoms with Crippen molar-refractivity contribution in [3.05, 3.63) is 65.2 Å². The van der Waals surface area contributed by atoms with Gasteiger partial charge in [-0.05, 0) is 31.2 Å². The molecule has 0 N–H and O–H groups in total. The van der Waals surface area contributed by atoms with Crippen LogP contribution >= 0.6 is 0 Å². The van der Waals surface area contributed by atoms with E-state index in [0.29, 0.717) is 23.3 Å². The lowest BCUT2D eigenvalue weighted by Crippen LogP contribution is -2.11. The monoisotopic (exact) mass is 282 g/mol. The maximum absolute atomic E-state index is 12.0. The first-order valence-corrected chi connectivity index (χ1v) is 6.96. The maximum Gasteiger partial charge on any atom is 0.200 e. The number of hydrogen-bond donors (Lipinski definition) is 0. The van der Waals surface area contributed by atoms with Crippen LogP contribution in [-0.4, -0.2) is 18.2 Å². The van der Waals surface area contributed by atoms with E-state index in [0.717, 1.165) is 5.56 Å². The number of Topliss-reactive ketones (excluding diaryl/α,β-unsaturated/α-hetero) is 2. The second kappa shape index (κ2) is 6.84. The highest BCUT2D eigenvalue weighted by Gasteiger charge is 2.07. The van der Waals surface area contributed by atoms with Gasteiger partial charge in [0.15, 0.2) is 18.2 Å². The smallest absolute Gasteiger partial charge is 0.200 e. The molecule has 2 aromatic carbocycles. The standard InChI is InChI=1S/C18H18O3/c1-3-17(19)14-8-10-16(11-9-14)21-12-18(20)15-6-4-13(2)5-7-15/h4-11H,3,12H2,1-2H3. The van der Waals surface area contributed by atoms with Crippen molar-refractivity contribution in [3.63, 3.8) is 0 Å². The first-order chi connectivity index (χ1) is 10.1. The number of rotatable bonds is 6. The van der Waals surface area contributed by atoms with E-state index in [1.54, 1.807) is 36.4 Å². The summed E-state index contributed by atoms with van der Waals surface area (Å²) in [4.78, 5) is 23.5. The molecule has 3 nitrogen and oxygen atoms in total. The molecule has 0 spiro atoms. The zero-order valence-corrected chi connectivity index (χ0v) is 12.3. The number of aryl methyl sites for hydroxylation is 1. The van der Waals surface area contributed by atoms with Crippen molar-refractivity contribution in [1.82, 2.24) is 0 Å². The minimum Gasteiger partial charge on any atom is -0.485 e. The van der Waals surface area contributed by atoms with Crippen LogP contribution in [0, 0.1) is 6.92 Å². The molecule has 2 aromatic rings. The summed E-state index contributed by atoms with van der Waals surface area (Å²) in [5.74, 6) is 0.615. The minimum absolute atomic E-state index is 0.00979. The Bertz CT molecular complexity index is 625. The van der Waals surface area contributed by atoms with Crippen LogP contribution in [0.15, 0.2) is 48.5 Å². The third kappa shape index (κ3) is 4.02. The quantitative estimate of drug-likeness (QED) is 0.756. The summed E-state index contributed by atoms with van der Waals surface area (Å²) in [6.45, 7) is 3.79. The van der Waals surface area contributed by atoms with Crippen LogP contribution in [0.1, 0.15) is 39.6 Å². The molecule has 21 heavy (non-hydrogen) atoms. The van der Waals surface area contributed by atoms with Crippen molar-refractivity contribution >= 4 is 11.6 Å². The van der Waals surface area contributed by atoms with Gasteiger partial charge in [0.05, 0.1) is 0 Å². The van der Waals surface area contributed by atoms with E-state index in [1.165, 1.54) is 0 Å². The van der Waals surface area contributed by atoms with Crippen LogP contribution < -0.4 is 4.74 Å². The van der Waals surface area contributed by atoms with E-state index < -0.39 is 0 Å². The van der Waals surface area contributed by atoms with Gasteiger partial charge in [-0.15, -0.1) is 0 Å². The third-order valence-corrected chi connectivity index (χ3v) is 3.24. The number of hydrogen-bond acceptors (Lipinski definition) is 3. The lowest BCUT2D eigenvalue weighted by molar-refractivity contribution is 0.0920. The van der Waals surface area contributed by atoms with Crippen LogP contribution in [0.4, 0.5) is 0 Å². The van der Waals surface area contributed by atoms with Crippen molar-refractivity contribution in [2.45, 2.75) is 20.3 Å². The van der Waals surface area contributed by atoms with Crippen molar-refractivity contribution < 1.29 is 14.3 Å². The Labute approximate surface area is 124 Å². The van der Waals surface area contributed by atoms with E-state index in [4.69, 9.17) is 4.74 Å². The Hall–Kier alpha value is -2.42. The van der Waals surface area contributed by atoms with Gasteiger partial charge in [0.25, 0.3) is 0 Å². The minimum atomic E-state index is -0.0660. The average Bonchev–Trinajstić information content (AvgIpc) is 2.53. The van der Waals surface area contributed by atoms with E-state index >= 15 is 0 Å². The van der Waals surface area contributed by atoms with E-state index in [2.05, 4.69) is 0 Å². The fourth-order valence-electron chi connectivity index (χ4n) is 1.91. The van der Waals surface area contributed by atoms with Gasteiger partial charge in [-0.25, -0.2) is 0 Å². The Kier molecular flexibility index (Phi) is 4.88. The predicted molar refractivity (Wildman–Crippen MR) is 82.1 cm³/mol. The van der Waals surface area contributed by atoms with Gasteiger partial charge in [0.1, 0.15) is 5.75 Å². The Morgan fingerprint density at radius 2 is 1.38 bits per heavy atom. The molecule has 3 heteroatoms. The SMILES string of the molecule is CCC(=O)c1ccc(OCC(=O)c2ccc(C)cc2)cc1. The van der Waals surface area contributed by atoms with Crippen molar-refractivity contribution in [2.24, 2.45) is 0 Å². The summed E-state index contributed by atoms with van der Waals surface area (Å²) < 4.78 is 5.46. The lowest BCUT2D eigenvalue weighted by atomic mass is 10.1.